The number of unbranched alkanes of at least 4 members (excludes halogenated alkanes) is 2. The second kappa shape index (κ2) is 11.3. The largest absolute Gasteiger partial charge is 0.355 e. The molecule has 16 heavy (non-hydrogen) atoms. The maximum absolute atomic E-state index is 11.5. The van der Waals surface area contributed by atoms with Gasteiger partial charge in [-0.3, -0.25) is 4.79 Å². The molecule has 2 N–H and O–H groups in total. The molecule has 3 nitrogen and oxygen atoms in total. The van der Waals surface area contributed by atoms with Gasteiger partial charge in [0.05, 0.1) is 6.04 Å². The first-order valence-electron chi connectivity index (χ1n) is 6.22. The zero-order valence-electron chi connectivity index (χ0n) is 10.8. The lowest BCUT2D eigenvalue weighted by Crippen LogP contribution is -2.42. The summed E-state index contributed by atoms with van der Waals surface area (Å²) in [6.07, 6.45) is 6.81. The van der Waals surface area contributed by atoms with E-state index in [4.69, 9.17) is 0 Å². The maximum atomic E-state index is 11.5. The van der Waals surface area contributed by atoms with Gasteiger partial charge in [0.15, 0.2) is 0 Å². The Labute approximate surface area is 104 Å². The van der Waals surface area contributed by atoms with Crippen molar-refractivity contribution >= 4 is 17.7 Å². The van der Waals surface area contributed by atoms with Crippen molar-refractivity contribution in [3.05, 3.63) is 0 Å². The van der Waals surface area contributed by atoms with Gasteiger partial charge in [0, 0.05) is 6.54 Å². The standard InChI is InChI=1S/C12H26N2OS/c1-4-8-14-12(15)11(2)13-9-6-5-7-10-16-3/h11,13H,4-10H2,1-3H3,(H,14,15). The highest BCUT2D eigenvalue weighted by atomic mass is 32.2. The van der Waals surface area contributed by atoms with Crippen LogP contribution in [0.4, 0.5) is 0 Å². The van der Waals surface area contributed by atoms with Gasteiger partial charge in [0.1, 0.15) is 0 Å². The molecule has 0 aliphatic heterocycles. The molecule has 1 unspecified atom stereocenters. The molecule has 0 aromatic carbocycles. The van der Waals surface area contributed by atoms with Gasteiger partial charge in [0.2, 0.25) is 5.91 Å². The van der Waals surface area contributed by atoms with E-state index in [0.717, 1.165) is 25.9 Å². The Hall–Kier alpha value is -0.220. The van der Waals surface area contributed by atoms with Crippen LogP contribution in [0, 0.1) is 0 Å². The predicted molar refractivity (Wildman–Crippen MR) is 73.0 cm³/mol. The Kier molecular flexibility index (Phi) is 11.1. The summed E-state index contributed by atoms with van der Waals surface area (Å²) in [5, 5.41) is 6.14. The van der Waals surface area contributed by atoms with E-state index in [-0.39, 0.29) is 11.9 Å². The Bertz CT molecular complexity index is 176. The lowest BCUT2D eigenvalue weighted by Gasteiger charge is -2.13. The highest BCUT2D eigenvalue weighted by Crippen LogP contribution is 2.01. The van der Waals surface area contributed by atoms with Gasteiger partial charge in [-0.05, 0) is 44.7 Å². The van der Waals surface area contributed by atoms with Crippen LogP contribution in [0.15, 0.2) is 0 Å². The van der Waals surface area contributed by atoms with Gasteiger partial charge >= 0.3 is 0 Å². The van der Waals surface area contributed by atoms with Crippen LogP contribution in [0.2, 0.25) is 0 Å². The molecule has 0 rings (SSSR count). The summed E-state index contributed by atoms with van der Waals surface area (Å²) in [5.41, 5.74) is 0. The number of hydrogen-bond donors (Lipinski definition) is 2. The average Bonchev–Trinajstić information content (AvgIpc) is 2.30. The van der Waals surface area contributed by atoms with Gasteiger partial charge < -0.3 is 10.6 Å². The smallest absolute Gasteiger partial charge is 0.236 e. The fraction of sp³-hybridized carbons (Fsp3) is 0.917. The van der Waals surface area contributed by atoms with E-state index in [9.17, 15) is 4.79 Å². The summed E-state index contributed by atoms with van der Waals surface area (Å²) in [6.45, 7) is 5.70. The van der Waals surface area contributed by atoms with Crippen molar-refractivity contribution in [3.63, 3.8) is 0 Å². The van der Waals surface area contributed by atoms with Crippen molar-refractivity contribution in [1.82, 2.24) is 10.6 Å². The fourth-order valence-corrected chi connectivity index (χ4v) is 1.85. The number of carbonyl (C=O) groups excluding carboxylic acids is 1. The lowest BCUT2D eigenvalue weighted by molar-refractivity contribution is -0.122. The zero-order chi connectivity index (χ0) is 12.2. The first-order chi connectivity index (χ1) is 7.72. The molecule has 1 atom stereocenters. The number of rotatable bonds is 10. The average molecular weight is 246 g/mol. The summed E-state index contributed by atoms with van der Waals surface area (Å²) in [4.78, 5) is 11.5. The second-order valence-electron chi connectivity index (χ2n) is 4.02. The minimum absolute atomic E-state index is 0.0629. The quantitative estimate of drug-likeness (QED) is 0.580. The van der Waals surface area contributed by atoms with Gasteiger partial charge in [-0.25, -0.2) is 0 Å². The summed E-state index contributed by atoms with van der Waals surface area (Å²) in [5.74, 6) is 1.36. The molecule has 0 saturated carbocycles. The Morgan fingerprint density at radius 1 is 1.25 bits per heavy atom. The first-order valence-corrected chi connectivity index (χ1v) is 7.61. The predicted octanol–water partition coefficient (Wildman–Crippen LogP) is 2.02. The van der Waals surface area contributed by atoms with Crippen LogP contribution < -0.4 is 10.6 Å². The Balaban J connectivity index is 3.35. The van der Waals surface area contributed by atoms with Crippen LogP contribution in [0.25, 0.3) is 0 Å². The van der Waals surface area contributed by atoms with Crippen LogP contribution >= 0.6 is 11.8 Å². The van der Waals surface area contributed by atoms with Crippen LogP contribution in [-0.4, -0.2) is 37.0 Å². The van der Waals surface area contributed by atoms with E-state index >= 15 is 0 Å². The molecule has 0 heterocycles. The zero-order valence-corrected chi connectivity index (χ0v) is 11.7. The van der Waals surface area contributed by atoms with Crippen molar-refractivity contribution < 1.29 is 4.79 Å². The first kappa shape index (κ1) is 15.8. The van der Waals surface area contributed by atoms with Crippen molar-refractivity contribution in [2.24, 2.45) is 0 Å². The van der Waals surface area contributed by atoms with Crippen LogP contribution in [0.5, 0.6) is 0 Å². The van der Waals surface area contributed by atoms with Crippen molar-refractivity contribution in [2.45, 2.75) is 45.6 Å². The van der Waals surface area contributed by atoms with Gasteiger partial charge in [-0.2, -0.15) is 11.8 Å². The topological polar surface area (TPSA) is 41.1 Å². The molecule has 4 heteroatoms. The van der Waals surface area contributed by atoms with Crippen molar-refractivity contribution in [2.75, 3.05) is 25.1 Å². The van der Waals surface area contributed by atoms with Crippen molar-refractivity contribution in [1.29, 1.82) is 0 Å². The summed E-state index contributed by atoms with van der Waals surface area (Å²) in [7, 11) is 0. The fourth-order valence-electron chi connectivity index (χ4n) is 1.36. The van der Waals surface area contributed by atoms with Crippen molar-refractivity contribution in [3.8, 4) is 0 Å². The number of hydrogen-bond acceptors (Lipinski definition) is 3. The molecule has 1 amide bonds. The summed E-state index contributed by atoms with van der Waals surface area (Å²) < 4.78 is 0. The van der Waals surface area contributed by atoms with Gasteiger partial charge in [-0.15, -0.1) is 0 Å². The molecule has 0 fully saturated rings. The van der Waals surface area contributed by atoms with E-state index < -0.39 is 0 Å². The van der Waals surface area contributed by atoms with Crippen LogP contribution in [0.1, 0.15) is 39.5 Å². The van der Waals surface area contributed by atoms with Gasteiger partial charge in [-0.1, -0.05) is 13.3 Å². The molecule has 0 aromatic heterocycles. The Morgan fingerprint density at radius 2 is 2.00 bits per heavy atom. The van der Waals surface area contributed by atoms with Gasteiger partial charge in [0.25, 0.3) is 0 Å². The maximum Gasteiger partial charge on any atom is 0.236 e. The van der Waals surface area contributed by atoms with Crippen LogP contribution in [-0.2, 0) is 4.79 Å². The number of nitrogens with one attached hydrogen (secondary N) is 2. The summed E-state index contributed by atoms with van der Waals surface area (Å²) in [6, 6.07) is -0.0629. The molecule has 0 radical (unpaired) electrons. The monoisotopic (exact) mass is 246 g/mol. The van der Waals surface area contributed by atoms with E-state index in [0.29, 0.717) is 0 Å². The molecular formula is C12H26N2OS. The molecule has 0 aliphatic rings. The van der Waals surface area contributed by atoms with E-state index in [1.54, 1.807) is 0 Å². The molecule has 0 spiro atoms. The van der Waals surface area contributed by atoms with E-state index in [2.05, 4.69) is 23.8 Å². The molecule has 0 aromatic rings. The third-order valence-corrected chi connectivity index (χ3v) is 3.12. The SMILES string of the molecule is CCCNC(=O)C(C)NCCCCCSC. The number of thioether (sulfide) groups is 1. The Morgan fingerprint density at radius 3 is 2.62 bits per heavy atom. The second-order valence-corrected chi connectivity index (χ2v) is 5.01. The highest BCUT2D eigenvalue weighted by molar-refractivity contribution is 7.98. The van der Waals surface area contributed by atoms with E-state index in [1.807, 2.05) is 18.7 Å². The number of amides is 1. The number of carbonyl (C=O) groups is 1. The lowest BCUT2D eigenvalue weighted by atomic mass is 10.2. The highest BCUT2D eigenvalue weighted by Gasteiger charge is 2.09. The van der Waals surface area contributed by atoms with Crippen LogP contribution in [0.3, 0.4) is 0 Å². The minimum Gasteiger partial charge on any atom is -0.355 e. The molecular weight excluding hydrogens is 220 g/mol. The summed E-state index contributed by atoms with van der Waals surface area (Å²) >= 11 is 1.90. The molecule has 0 aliphatic carbocycles. The molecule has 0 bridgehead atoms. The van der Waals surface area contributed by atoms with E-state index in [1.165, 1.54) is 18.6 Å². The minimum atomic E-state index is -0.0629. The normalized spacial score (nSPS) is 12.4. The third-order valence-electron chi connectivity index (χ3n) is 2.42. The molecule has 0 saturated heterocycles. The third kappa shape index (κ3) is 9.04. The molecule has 96 valence electrons.